The van der Waals surface area contributed by atoms with E-state index in [1.165, 1.54) is 5.56 Å². The molecule has 15 heavy (non-hydrogen) atoms. The van der Waals surface area contributed by atoms with E-state index in [9.17, 15) is 0 Å². The van der Waals surface area contributed by atoms with Gasteiger partial charge in [-0.25, -0.2) is 0 Å². The molecule has 78 valence electrons. The minimum atomic E-state index is 0.107. The summed E-state index contributed by atoms with van der Waals surface area (Å²) in [6.45, 7) is 2.25. The Morgan fingerprint density at radius 1 is 1.40 bits per heavy atom. The largest absolute Gasteiger partial charge is 0.454 e. The molecule has 3 nitrogen and oxygen atoms in total. The van der Waals surface area contributed by atoms with E-state index in [0.717, 1.165) is 24.3 Å². The van der Waals surface area contributed by atoms with Gasteiger partial charge in [-0.05, 0) is 37.5 Å². The average molecular weight is 203 g/mol. The van der Waals surface area contributed by atoms with Crippen molar-refractivity contribution in [3.63, 3.8) is 0 Å². The van der Waals surface area contributed by atoms with Gasteiger partial charge in [-0.2, -0.15) is 5.26 Å². The van der Waals surface area contributed by atoms with Gasteiger partial charge in [0.15, 0.2) is 11.5 Å². The molecule has 2 rings (SSSR count). The van der Waals surface area contributed by atoms with E-state index in [2.05, 4.69) is 6.07 Å². The molecular formula is C12H13NO2. The van der Waals surface area contributed by atoms with Gasteiger partial charge in [0.1, 0.15) is 0 Å². The monoisotopic (exact) mass is 203 g/mol. The Kier molecular flexibility index (Phi) is 2.77. The van der Waals surface area contributed by atoms with E-state index in [1.807, 2.05) is 25.1 Å². The molecule has 3 heteroatoms. The number of rotatable bonds is 3. The van der Waals surface area contributed by atoms with Crippen molar-refractivity contribution in [3.05, 3.63) is 23.8 Å². The molecule has 1 aromatic carbocycles. The molecule has 0 bridgehead atoms. The lowest BCUT2D eigenvalue weighted by atomic mass is 10.0. The molecule has 1 atom stereocenters. The maximum absolute atomic E-state index is 8.67. The normalized spacial score (nSPS) is 14.7. The van der Waals surface area contributed by atoms with Crippen LogP contribution in [0.1, 0.15) is 18.9 Å². The van der Waals surface area contributed by atoms with Gasteiger partial charge in [-0.3, -0.25) is 0 Å². The summed E-state index contributed by atoms with van der Waals surface area (Å²) >= 11 is 0. The van der Waals surface area contributed by atoms with E-state index in [1.54, 1.807) is 0 Å². The van der Waals surface area contributed by atoms with Crippen LogP contribution in [0.2, 0.25) is 0 Å². The van der Waals surface area contributed by atoms with Crippen molar-refractivity contribution in [2.45, 2.75) is 19.8 Å². The van der Waals surface area contributed by atoms with Crippen molar-refractivity contribution in [3.8, 4) is 17.6 Å². The van der Waals surface area contributed by atoms with E-state index < -0.39 is 0 Å². The third kappa shape index (κ3) is 2.21. The molecule has 0 aliphatic carbocycles. The first kappa shape index (κ1) is 9.85. The fourth-order valence-electron chi connectivity index (χ4n) is 1.54. The maximum Gasteiger partial charge on any atom is 0.231 e. The summed E-state index contributed by atoms with van der Waals surface area (Å²) in [6, 6.07) is 8.17. The van der Waals surface area contributed by atoms with Crippen molar-refractivity contribution < 1.29 is 9.47 Å². The van der Waals surface area contributed by atoms with Crippen molar-refractivity contribution in [2.24, 2.45) is 5.92 Å². The highest BCUT2D eigenvalue weighted by molar-refractivity contribution is 5.44. The molecule has 0 amide bonds. The molecule has 1 unspecified atom stereocenters. The van der Waals surface area contributed by atoms with Gasteiger partial charge < -0.3 is 9.47 Å². The Hall–Kier alpha value is -1.69. The number of hydrogen-bond donors (Lipinski definition) is 0. The number of nitrogens with zero attached hydrogens (tertiary/aromatic N) is 1. The predicted octanol–water partition coefficient (Wildman–Crippen LogP) is 2.51. The number of ether oxygens (including phenoxy) is 2. The Balaban J connectivity index is 2.01. The van der Waals surface area contributed by atoms with Crippen LogP contribution < -0.4 is 9.47 Å². The molecule has 1 heterocycles. The second-order valence-corrected chi connectivity index (χ2v) is 3.76. The van der Waals surface area contributed by atoms with Crippen LogP contribution in [0.3, 0.4) is 0 Å². The quantitative estimate of drug-likeness (QED) is 0.758. The highest BCUT2D eigenvalue weighted by atomic mass is 16.7. The fraction of sp³-hybridized carbons (Fsp3) is 0.417. The fourth-order valence-corrected chi connectivity index (χ4v) is 1.54. The highest BCUT2D eigenvalue weighted by Gasteiger charge is 2.13. The number of fused-ring (bicyclic) bond motifs is 1. The lowest BCUT2D eigenvalue weighted by Crippen LogP contribution is -1.94. The molecule has 0 spiro atoms. The summed E-state index contributed by atoms with van der Waals surface area (Å²) in [5, 5.41) is 8.67. The van der Waals surface area contributed by atoms with Gasteiger partial charge in [-0.1, -0.05) is 6.07 Å². The summed E-state index contributed by atoms with van der Waals surface area (Å²) in [6.07, 6.45) is 1.79. The number of hydrogen-bond acceptors (Lipinski definition) is 3. The predicted molar refractivity (Wildman–Crippen MR) is 55.7 cm³/mol. The zero-order valence-corrected chi connectivity index (χ0v) is 8.69. The summed E-state index contributed by atoms with van der Waals surface area (Å²) in [5.41, 5.74) is 1.20. The van der Waals surface area contributed by atoms with Gasteiger partial charge in [-0.15, -0.1) is 0 Å². The van der Waals surface area contributed by atoms with Crippen LogP contribution in [-0.2, 0) is 6.42 Å². The van der Waals surface area contributed by atoms with Crippen LogP contribution in [0.15, 0.2) is 18.2 Å². The lowest BCUT2D eigenvalue weighted by Gasteiger charge is -2.03. The highest BCUT2D eigenvalue weighted by Crippen LogP contribution is 2.32. The molecule has 0 saturated heterocycles. The minimum absolute atomic E-state index is 0.107. The third-order valence-electron chi connectivity index (χ3n) is 2.52. The van der Waals surface area contributed by atoms with Crippen molar-refractivity contribution in [2.75, 3.05) is 6.79 Å². The summed E-state index contributed by atoms with van der Waals surface area (Å²) in [4.78, 5) is 0. The third-order valence-corrected chi connectivity index (χ3v) is 2.52. The van der Waals surface area contributed by atoms with E-state index in [4.69, 9.17) is 14.7 Å². The Morgan fingerprint density at radius 2 is 2.20 bits per heavy atom. The lowest BCUT2D eigenvalue weighted by molar-refractivity contribution is 0.174. The summed E-state index contributed by atoms with van der Waals surface area (Å²) in [7, 11) is 0. The van der Waals surface area contributed by atoms with E-state index in [0.29, 0.717) is 6.79 Å². The summed E-state index contributed by atoms with van der Waals surface area (Å²) in [5.74, 6) is 1.74. The molecule has 0 aromatic heterocycles. The first-order valence-corrected chi connectivity index (χ1v) is 5.08. The average Bonchev–Trinajstić information content (AvgIpc) is 2.72. The standard InChI is InChI=1S/C12H13NO2/c1-9(7-13)2-3-10-4-5-11-12(6-10)15-8-14-11/h4-6,9H,2-3,8H2,1H3. The molecule has 0 radical (unpaired) electrons. The Bertz CT molecular complexity index is 395. The summed E-state index contributed by atoms with van der Waals surface area (Å²) < 4.78 is 10.5. The second-order valence-electron chi connectivity index (χ2n) is 3.76. The van der Waals surface area contributed by atoms with Crippen molar-refractivity contribution in [1.82, 2.24) is 0 Å². The van der Waals surface area contributed by atoms with Crippen LogP contribution in [-0.4, -0.2) is 6.79 Å². The molecular weight excluding hydrogens is 190 g/mol. The molecule has 1 aromatic rings. The zero-order chi connectivity index (χ0) is 10.7. The van der Waals surface area contributed by atoms with Crippen LogP contribution in [0.25, 0.3) is 0 Å². The first-order chi connectivity index (χ1) is 7.29. The Labute approximate surface area is 89.2 Å². The molecule has 1 aliphatic rings. The number of aryl methyl sites for hydroxylation is 1. The molecule has 0 N–H and O–H groups in total. The van der Waals surface area contributed by atoms with Crippen molar-refractivity contribution >= 4 is 0 Å². The zero-order valence-electron chi connectivity index (χ0n) is 8.69. The van der Waals surface area contributed by atoms with Crippen LogP contribution in [0, 0.1) is 17.2 Å². The van der Waals surface area contributed by atoms with Crippen LogP contribution >= 0.6 is 0 Å². The van der Waals surface area contributed by atoms with Crippen LogP contribution in [0.5, 0.6) is 11.5 Å². The molecule has 0 saturated carbocycles. The molecule has 0 fully saturated rings. The van der Waals surface area contributed by atoms with Gasteiger partial charge in [0.2, 0.25) is 6.79 Å². The topological polar surface area (TPSA) is 42.2 Å². The Morgan fingerprint density at radius 3 is 3.00 bits per heavy atom. The minimum Gasteiger partial charge on any atom is -0.454 e. The van der Waals surface area contributed by atoms with Gasteiger partial charge in [0, 0.05) is 5.92 Å². The number of benzene rings is 1. The van der Waals surface area contributed by atoms with E-state index >= 15 is 0 Å². The SMILES string of the molecule is CC(C#N)CCc1ccc2c(c1)OCO2. The van der Waals surface area contributed by atoms with Gasteiger partial charge in [0.05, 0.1) is 6.07 Å². The van der Waals surface area contributed by atoms with Crippen LogP contribution in [0.4, 0.5) is 0 Å². The molecule has 1 aliphatic heterocycles. The maximum atomic E-state index is 8.67. The van der Waals surface area contributed by atoms with Gasteiger partial charge >= 0.3 is 0 Å². The second kappa shape index (κ2) is 4.22. The van der Waals surface area contributed by atoms with Crippen molar-refractivity contribution in [1.29, 1.82) is 5.26 Å². The van der Waals surface area contributed by atoms with E-state index in [-0.39, 0.29) is 5.92 Å². The first-order valence-electron chi connectivity index (χ1n) is 5.08. The number of nitriles is 1. The smallest absolute Gasteiger partial charge is 0.231 e. The van der Waals surface area contributed by atoms with Gasteiger partial charge in [0.25, 0.3) is 0 Å².